The maximum absolute atomic E-state index is 12.9. The number of ether oxygens (including phenoxy) is 1. The van der Waals surface area contributed by atoms with Crippen LogP contribution in [-0.2, 0) is 10.0 Å². The van der Waals surface area contributed by atoms with Gasteiger partial charge in [0.15, 0.2) is 0 Å². The van der Waals surface area contributed by atoms with E-state index in [4.69, 9.17) is 4.74 Å². The number of rotatable bonds is 9. The standard InChI is InChI=1S/C22H30N2O4S/c1-15(2)6-9-17(4)23-22(25)18-10-13-20(28-5)21(14-18)29(26,27)24-19-11-7-16(3)8-12-19/h7-8,10-15,17,24H,6,9H2,1-5H3,(H,23,25). The van der Waals surface area contributed by atoms with Crippen molar-refractivity contribution < 1.29 is 17.9 Å². The first-order valence-electron chi connectivity index (χ1n) is 9.70. The molecule has 2 N–H and O–H groups in total. The van der Waals surface area contributed by atoms with Gasteiger partial charge in [0, 0.05) is 17.3 Å². The Morgan fingerprint density at radius 2 is 1.69 bits per heavy atom. The summed E-state index contributed by atoms with van der Waals surface area (Å²) in [5, 5.41) is 2.93. The molecule has 0 spiro atoms. The van der Waals surface area contributed by atoms with Gasteiger partial charge in [-0.05, 0) is 62.9 Å². The Kier molecular flexibility index (Phi) is 7.67. The molecule has 0 heterocycles. The Hall–Kier alpha value is -2.54. The van der Waals surface area contributed by atoms with E-state index in [1.807, 2.05) is 26.0 Å². The summed E-state index contributed by atoms with van der Waals surface area (Å²) >= 11 is 0. The molecule has 2 aromatic carbocycles. The zero-order valence-electron chi connectivity index (χ0n) is 17.7. The number of anilines is 1. The predicted molar refractivity (Wildman–Crippen MR) is 116 cm³/mol. The molecule has 0 aliphatic heterocycles. The molecule has 1 atom stereocenters. The van der Waals surface area contributed by atoms with Gasteiger partial charge in [0.05, 0.1) is 7.11 Å². The minimum Gasteiger partial charge on any atom is -0.495 e. The number of amides is 1. The molecular weight excluding hydrogens is 388 g/mol. The molecule has 7 heteroatoms. The highest BCUT2D eigenvalue weighted by atomic mass is 32.2. The predicted octanol–water partition coefficient (Wildman–Crippen LogP) is 4.36. The van der Waals surface area contributed by atoms with Crippen molar-refractivity contribution in [1.29, 1.82) is 0 Å². The Bertz CT molecular complexity index is 938. The highest BCUT2D eigenvalue weighted by molar-refractivity contribution is 7.92. The number of nitrogens with one attached hydrogen (secondary N) is 2. The molecule has 1 unspecified atom stereocenters. The lowest BCUT2D eigenvalue weighted by molar-refractivity contribution is 0.0937. The number of carbonyl (C=O) groups is 1. The molecule has 0 radical (unpaired) electrons. The van der Waals surface area contributed by atoms with Crippen LogP contribution in [0.1, 0.15) is 49.5 Å². The molecular formula is C22H30N2O4S. The normalized spacial score (nSPS) is 12.5. The molecule has 158 valence electrons. The van der Waals surface area contributed by atoms with Crippen LogP contribution in [0.5, 0.6) is 5.75 Å². The Labute approximate surface area is 173 Å². The van der Waals surface area contributed by atoms with E-state index in [2.05, 4.69) is 23.9 Å². The highest BCUT2D eigenvalue weighted by Gasteiger charge is 2.22. The first-order chi connectivity index (χ1) is 13.6. The van der Waals surface area contributed by atoms with E-state index in [9.17, 15) is 13.2 Å². The Morgan fingerprint density at radius 3 is 2.28 bits per heavy atom. The third-order valence-electron chi connectivity index (χ3n) is 4.57. The van der Waals surface area contributed by atoms with Gasteiger partial charge in [-0.15, -0.1) is 0 Å². The molecule has 1 amide bonds. The smallest absolute Gasteiger partial charge is 0.265 e. The van der Waals surface area contributed by atoms with Crippen LogP contribution >= 0.6 is 0 Å². The molecule has 2 aromatic rings. The molecule has 0 bridgehead atoms. The SMILES string of the molecule is COc1ccc(C(=O)NC(C)CCC(C)C)cc1S(=O)(=O)Nc1ccc(C)cc1. The summed E-state index contributed by atoms with van der Waals surface area (Å²) < 4.78 is 33.6. The van der Waals surface area contributed by atoms with Gasteiger partial charge in [-0.2, -0.15) is 0 Å². The lowest BCUT2D eigenvalue weighted by Gasteiger charge is -2.16. The van der Waals surface area contributed by atoms with Crippen molar-refractivity contribution in [2.24, 2.45) is 5.92 Å². The van der Waals surface area contributed by atoms with Crippen LogP contribution in [-0.4, -0.2) is 27.5 Å². The second kappa shape index (κ2) is 9.78. The van der Waals surface area contributed by atoms with Gasteiger partial charge < -0.3 is 10.1 Å². The van der Waals surface area contributed by atoms with Crippen LogP contribution in [0.2, 0.25) is 0 Å². The third kappa shape index (κ3) is 6.49. The van der Waals surface area contributed by atoms with E-state index in [-0.39, 0.29) is 28.2 Å². The van der Waals surface area contributed by atoms with Crippen LogP contribution in [0.4, 0.5) is 5.69 Å². The van der Waals surface area contributed by atoms with E-state index >= 15 is 0 Å². The summed E-state index contributed by atoms with van der Waals surface area (Å²) in [7, 11) is -2.53. The van der Waals surface area contributed by atoms with Gasteiger partial charge in [-0.3, -0.25) is 9.52 Å². The molecule has 0 aliphatic rings. The minimum atomic E-state index is -3.93. The van der Waals surface area contributed by atoms with E-state index in [1.54, 1.807) is 18.2 Å². The number of carbonyl (C=O) groups excluding carboxylic acids is 1. The van der Waals surface area contributed by atoms with Crippen molar-refractivity contribution in [3.63, 3.8) is 0 Å². The van der Waals surface area contributed by atoms with Crippen LogP contribution < -0.4 is 14.8 Å². The summed E-state index contributed by atoms with van der Waals surface area (Å²) in [5.74, 6) is 0.421. The first-order valence-corrected chi connectivity index (χ1v) is 11.2. The summed E-state index contributed by atoms with van der Waals surface area (Å²) in [6.07, 6.45) is 1.86. The van der Waals surface area contributed by atoms with Gasteiger partial charge in [-0.25, -0.2) is 8.42 Å². The summed E-state index contributed by atoms with van der Waals surface area (Å²) in [6.45, 7) is 8.14. The third-order valence-corrected chi connectivity index (χ3v) is 5.98. The summed E-state index contributed by atoms with van der Waals surface area (Å²) in [6, 6.07) is 11.4. The summed E-state index contributed by atoms with van der Waals surface area (Å²) in [5.41, 5.74) is 1.73. The van der Waals surface area contributed by atoms with Gasteiger partial charge >= 0.3 is 0 Å². The number of hydrogen-bond donors (Lipinski definition) is 2. The number of benzene rings is 2. The van der Waals surface area contributed by atoms with Gasteiger partial charge in [-0.1, -0.05) is 31.5 Å². The number of sulfonamides is 1. The first kappa shape index (κ1) is 22.7. The van der Waals surface area contributed by atoms with Crippen LogP contribution in [0.25, 0.3) is 0 Å². The van der Waals surface area contributed by atoms with Crippen LogP contribution in [0.15, 0.2) is 47.4 Å². The quantitative estimate of drug-likeness (QED) is 0.634. The number of methoxy groups -OCH3 is 1. The maximum Gasteiger partial charge on any atom is 0.265 e. The van der Waals surface area contributed by atoms with Crippen LogP contribution in [0.3, 0.4) is 0 Å². The average molecular weight is 419 g/mol. The zero-order chi connectivity index (χ0) is 21.6. The van der Waals surface area contributed by atoms with Crippen molar-refractivity contribution in [2.75, 3.05) is 11.8 Å². The van der Waals surface area contributed by atoms with Crippen molar-refractivity contribution in [2.45, 2.75) is 51.5 Å². The molecule has 2 rings (SSSR count). The van der Waals surface area contributed by atoms with Crippen molar-refractivity contribution in [3.8, 4) is 5.75 Å². The van der Waals surface area contributed by atoms with E-state index in [1.165, 1.54) is 19.2 Å². The highest BCUT2D eigenvalue weighted by Crippen LogP contribution is 2.27. The van der Waals surface area contributed by atoms with E-state index in [0.29, 0.717) is 11.6 Å². The molecule has 29 heavy (non-hydrogen) atoms. The topological polar surface area (TPSA) is 84.5 Å². The lowest BCUT2D eigenvalue weighted by atomic mass is 10.0. The van der Waals surface area contributed by atoms with Crippen LogP contribution in [0, 0.1) is 12.8 Å². The van der Waals surface area contributed by atoms with E-state index < -0.39 is 10.0 Å². The van der Waals surface area contributed by atoms with Gasteiger partial charge in [0.2, 0.25) is 0 Å². The number of hydrogen-bond acceptors (Lipinski definition) is 4. The Morgan fingerprint density at radius 1 is 1.03 bits per heavy atom. The largest absolute Gasteiger partial charge is 0.495 e. The fraction of sp³-hybridized carbons (Fsp3) is 0.409. The second-order valence-corrected chi connectivity index (χ2v) is 9.33. The fourth-order valence-corrected chi connectivity index (χ4v) is 4.08. The average Bonchev–Trinajstić information content (AvgIpc) is 2.67. The molecule has 0 aliphatic carbocycles. The Balaban J connectivity index is 2.25. The van der Waals surface area contributed by atoms with Gasteiger partial charge in [0.1, 0.15) is 10.6 Å². The zero-order valence-corrected chi connectivity index (χ0v) is 18.5. The molecule has 0 fully saturated rings. The number of aryl methyl sites for hydroxylation is 1. The lowest BCUT2D eigenvalue weighted by Crippen LogP contribution is -2.32. The summed E-state index contributed by atoms with van der Waals surface area (Å²) in [4.78, 5) is 12.5. The van der Waals surface area contributed by atoms with Crippen molar-refractivity contribution in [3.05, 3.63) is 53.6 Å². The van der Waals surface area contributed by atoms with E-state index in [0.717, 1.165) is 18.4 Å². The fourth-order valence-electron chi connectivity index (χ4n) is 2.82. The molecule has 0 saturated heterocycles. The molecule has 0 saturated carbocycles. The van der Waals surface area contributed by atoms with Crippen molar-refractivity contribution in [1.82, 2.24) is 5.32 Å². The second-order valence-electron chi connectivity index (χ2n) is 7.68. The molecule has 6 nitrogen and oxygen atoms in total. The minimum absolute atomic E-state index is 0.00209. The monoisotopic (exact) mass is 418 g/mol. The van der Waals surface area contributed by atoms with Crippen molar-refractivity contribution >= 4 is 21.6 Å². The molecule has 0 aromatic heterocycles. The van der Waals surface area contributed by atoms with Gasteiger partial charge in [0.25, 0.3) is 15.9 Å². The maximum atomic E-state index is 12.9.